The highest BCUT2D eigenvalue weighted by Crippen LogP contribution is 2.28. The van der Waals surface area contributed by atoms with Crippen molar-refractivity contribution in [3.63, 3.8) is 0 Å². The molecule has 1 atom stereocenters. The van der Waals surface area contributed by atoms with Crippen LogP contribution in [0.25, 0.3) is 0 Å². The first-order valence-electron chi connectivity index (χ1n) is 7.76. The summed E-state index contributed by atoms with van der Waals surface area (Å²) in [4.78, 5) is 22.7. The summed E-state index contributed by atoms with van der Waals surface area (Å²) in [5.41, 5.74) is 0. The van der Waals surface area contributed by atoms with E-state index in [4.69, 9.17) is 5.11 Å². The van der Waals surface area contributed by atoms with Crippen molar-refractivity contribution in [1.29, 1.82) is 0 Å². The van der Waals surface area contributed by atoms with E-state index in [-0.39, 0.29) is 11.9 Å². The lowest BCUT2D eigenvalue weighted by atomic mass is 10.0. The molecular weight excluding hydrogens is 256 g/mol. The number of hydrogen-bond acceptors (Lipinski definition) is 2. The summed E-state index contributed by atoms with van der Waals surface area (Å²) in [5, 5.41) is 14.3. The van der Waals surface area contributed by atoms with E-state index in [9.17, 15) is 9.59 Å². The van der Waals surface area contributed by atoms with E-state index in [1.807, 2.05) is 13.8 Å². The first-order valence-corrected chi connectivity index (χ1v) is 7.76. The maximum Gasteiger partial charge on any atom is 0.326 e. The molecule has 1 aliphatic rings. The van der Waals surface area contributed by atoms with Gasteiger partial charge in [0.05, 0.1) is 0 Å². The van der Waals surface area contributed by atoms with Crippen molar-refractivity contribution in [3.8, 4) is 0 Å². The average Bonchev–Trinajstić information content (AvgIpc) is 2.86. The SMILES string of the molecule is CC(C)CC(NC(=O)NCCCC1CCCC1)C(=O)O. The number of carboxylic acids is 1. The predicted molar refractivity (Wildman–Crippen MR) is 78.6 cm³/mol. The van der Waals surface area contributed by atoms with Crippen molar-refractivity contribution in [2.24, 2.45) is 11.8 Å². The standard InChI is InChI=1S/C15H28N2O3/c1-11(2)10-13(14(18)19)17-15(20)16-9-5-8-12-6-3-4-7-12/h11-13H,3-10H2,1-2H3,(H,18,19)(H2,16,17,20). The van der Waals surface area contributed by atoms with Crippen molar-refractivity contribution in [3.05, 3.63) is 0 Å². The van der Waals surface area contributed by atoms with Crippen molar-refractivity contribution < 1.29 is 14.7 Å². The Bertz CT molecular complexity index is 312. The van der Waals surface area contributed by atoms with E-state index in [0.717, 1.165) is 18.8 Å². The molecule has 0 aromatic carbocycles. The summed E-state index contributed by atoms with van der Waals surface area (Å²) in [6.45, 7) is 4.50. The molecule has 1 unspecified atom stereocenters. The molecule has 20 heavy (non-hydrogen) atoms. The van der Waals surface area contributed by atoms with Crippen LogP contribution in [0.2, 0.25) is 0 Å². The summed E-state index contributed by atoms with van der Waals surface area (Å²) >= 11 is 0. The highest BCUT2D eigenvalue weighted by Gasteiger charge is 2.20. The topological polar surface area (TPSA) is 78.4 Å². The maximum atomic E-state index is 11.6. The van der Waals surface area contributed by atoms with E-state index in [0.29, 0.717) is 13.0 Å². The van der Waals surface area contributed by atoms with Gasteiger partial charge < -0.3 is 15.7 Å². The van der Waals surface area contributed by atoms with Crippen LogP contribution in [-0.4, -0.2) is 29.7 Å². The largest absolute Gasteiger partial charge is 0.480 e. The average molecular weight is 284 g/mol. The molecule has 0 bridgehead atoms. The zero-order valence-corrected chi connectivity index (χ0v) is 12.7. The third-order valence-electron chi connectivity index (χ3n) is 3.86. The predicted octanol–water partition coefficient (Wildman–Crippen LogP) is 2.76. The van der Waals surface area contributed by atoms with Gasteiger partial charge in [-0.3, -0.25) is 0 Å². The number of rotatable bonds is 8. The summed E-state index contributed by atoms with van der Waals surface area (Å²) in [5.74, 6) is 0.0890. The highest BCUT2D eigenvalue weighted by atomic mass is 16.4. The molecule has 0 heterocycles. The van der Waals surface area contributed by atoms with Gasteiger partial charge in [0, 0.05) is 6.54 Å². The summed E-state index contributed by atoms with van der Waals surface area (Å²) in [6.07, 6.45) is 7.91. The van der Waals surface area contributed by atoms with E-state index >= 15 is 0 Å². The molecule has 0 aromatic heterocycles. The van der Waals surface area contributed by atoms with Crippen LogP contribution in [0.3, 0.4) is 0 Å². The molecule has 0 spiro atoms. The fourth-order valence-electron chi connectivity index (χ4n) is 2.79. The monoisotopic (exact) mass is 284 g/mol. The summed E-state index contributed by atoms with van der Waals surface area (Å²) in [6, 6.07) is -1.17. The Labute approximate surface area is 121 Å². The molecule has 0 saturated heterocycles. The minimum atomic E-state index is -0.972. The van der Waals surface area contributed by atoms with Gasteiger partial charge in [-0.2, -0.15) is 0 Å². The quantitative estimate of drug-likeness (QED) is 0.600. The normalized spacial score (nSPS) is 17.1. The smallest absolute Gasteiger partial charge is 0.326 e. The van der Waals surface area contributed by atoms with Crippen LogP contribution in [0, 0.1) is 11.8 Å². The molecule has 2 amide bonds. The number of urea groups is 1. The van der Waals surface area contributed by atoms with Crippen LogP contribution in [0.5, 0.6) is 0 Å². The Hall–Kier alpha value is -1.26. The molecular formula is C15H28N2O3. The number of amides is 2. The van der Waals surface area contributed by atoms with Crippen LogP contribution in [0.4, 0.5) is 4.79 Å². The fraction of sp³-hybridized carbons (Fsp3) is 0.867. The Balaban J connectivity index is 2.15. The molecule has 5 nitrogen and oxygen atoms in total. The zero-order chi connectivity index (χ0) is 15.0. The molecule has 1 saturated carbocycles. The van der Waals surface area contributed by atoms with Gasteiger partial charge in [0.1, 0.15) is 6.04 Å². The van der Waals surface area contributed by atoms with E-state index < -0.39 is 12.0 Å². The minimum Gasteiger partial charge on any atom is -0.480 e. The number of aliphatic carboxylic acids is 1. The Morgan fingerprint density at radius 3 is 2.45 bits per heavy atom. The summed E-state index contributed by atoms with van der Waals surface area (Å²) in [7, 11) is 0. The van der Waals surface area contributed by atoms with Gasteiger partial charge in [-0.05, 0) is 31.1 Å². The van der Waals surface area contributed by atoms with Gasteiger partial charge in [0.2, 0.25) is 0 Å². The summed E-state index contributed by atoms with van der Waals surface area (Å²) < 4.78 is 0. The van der Waals surface area contributed by atoms with Gasteiger partial charge in [0.25, 0.3) is 0 Å². The molecule has 1 aliphatic carbocycles. The molecule has 0 radical (unpaired) electrons. The second-order valence-corrected chi connectivity index (χ2v) is 6.21. The van der Waals surface area contributed by atoms with Crippen molar-refractivity contribution in [2.75, 3.05) is 6.54 Å². The third-order valence-corrected chi connectivity index (χ3v) is 3.86. The number of carboxylic acid groups (broad SMARTS) is 1. The molecule has 3 N–H and O–H groups in total. The van der Waals surface area contributed by atoms with Crippen LogP contribution >= 0.6 is 0 Å². The molecule has 0 aliphatic heterocycles. The Morgan fingerprint density at radius 1 is 1.25 bits per heavy atom. The van der Waals surface area contributed by atoms with Crippen LogP contribution in [0.1, 0.15) is 58.8 Å². The number of carbonyl (C=O) groups excluding carboxylic acids is 1. The first-order chi connectivity index (χ1) is 9.49. The number of hydrogen-bond donors (Lipinski definition) is 3. The maximum absolute atomic E-state index is 11.6. The van der Waals surface area contributed by atoms with Crippen molar-refractivity contribution >= 4 is 12.0 Å². The van der Waals surface area contributed by atoms with Crippen molar-refractivity contribution in [2.45, 2.75) is 64.8 Å². The zero-order valence-electron chi connectivity index (χ0n) is 12.7. The Kier molecular flexibility index (Phi) is 7.41. The molecule has 5 heteroatoms. The number of carbonyl (C=O) groups is 2. The highest BCUT2D eigenvalue weighted by molar-refractivity contribution is 5.82. The first kappa shape index (κ1) is 16.8. The lowest BCUT2D eigenvalue weighted by molar-refractivity contribution is -0.139. The van der Waals surface area contributed by atoms with Crippen LogP contribution in [-0.2, 0) is 4.79 Å². The van der Waals surface area contributed by atoms with Gasteiger partial charge in [-0.25, -0.2) is 9.59 Å². The van der Waals surface area contributed by atoms with E-state index in [1.165, 1.54) is 25.7 Å². The molecule has 1 rings (SSSR count). The van der Waals surface area contributed by atoms with Gasteiger partial charge >= 0.3 is 12.0 Å². The second kappa shape index (κ2) is 8.82. The second-order valence-electron chi connectivity index (χ2n) is 6.21. The van der Waals surface area contributed by atoms with Gasteiger partial charge in [-0.1, -0.05) is 39.5 Å². The minimum absolute atomic E-state index is 0.235. The third kappa shape index (κ3) is 6.78. The number of nitrogens with one attached hydrogen (secondary N) is 2. The molecule has 0 aromatic rings. The van der Waals surface area contributed by atoms with Gasteiger partial charge in [-0.15, -0.1) is 0 Å². The van der Waals surface area contributed by atoms with E-state index in [2.05, 4.69) is 10.6 Å². The lowest BCUT2D eigenvalue weighted by Gasteiger charge is -2.17. The fourth-order valence-corrected chi connectivity index (χ4v) is 2.79. The molecule has 116 valence electrons. The van der Waals surface area contributed by atoms with Crippen LogP contribution in [0.15, 0.2) is 0 Å². The lowest BCUT2D eigenvalue weighted by Crippen LogP contribution is -2.46. The molecule has 1 fully saturated rings. The van der Waals surface area contributed by atoms with Gasteiger partial charge in [0.15, 0.2) is 0 Å². The van der Waals surface area contributed by atoms with Crippen molar-refractivity contribution in [1.82, 2.24) is 10.6 Å². The van der Waals surface area contributed by atoms with Crippen LogP contribution < -0.4 is 10.6 Å². The Morgan fingerprint density at radius 2 is 1.90 bits per heavy atom. The van der Waals surface area contributed by atoms with E-state index in [1.54, 1.807) is 0 Å².